The van der Waals surface area contributed by atoms with Gasteiger partial charge in [-0.05, 0) is 61.2 Å². The molecule has 0 fully saturated rings. The SMILES string of the molecule is Cc1cc(F)cc(C(N)c2c(C)cc(C)cc2F)c1. The third kappa shape index (κ3) is 2.82. The Hall–Kier alpha value is -1.74. The molecule has 0 aliphatic carbocycles. The number of nitrogens with two attached hydrogens (primary N) is 1. The molecule has 100 valence electrons. The Morgan fingerprint density at radius 2 is 1.53 bits per heavy atom. The summed E-state index contributed by atoms with van der Waals surface area (Å²) in [6.45, 7) is 5.44. The Balaban J connectivity index is 2.52. The van der Waals surface area contributed by atoms with Gasteiger partial charge in [-0.15, -0.1) is 0 Å². The lowest BCUT2D eigenvalue weighted by Gasteiger charge is -2.17. The fourth-order valence-electron chi connectivity index (χ4n) is 2.43. The van der Waals surface area contributed by atoms with Crippen molar-refractivity contribution in [2.75, 3.05) is 0 Å². The molecule has 19 heavy (non-hydrogen) atoms. The Labute approximate surface area is 112 Å². The molecule has 1 nitrogen and oxygen atoms in total. The minimum absolute atomic E-state index is 0.341. The van der Waals surface area contributed by atoms with Crippen LogP contribution in [-0.2, 0) is 0 Å². The molecule has 3 heteroatoms. The number of rotatable bonds is 2. The first-order valence-electron chi connectivity index (χ1n) is 6.18. The molecule has 0 saturated heterocycles. The van der Waals surface area contributed by atoms with Crippen molar-refractivity contribution in [1.29, 1.82) is 0 Å². The predicted octanol–water partition coefficient (Wildman–Crippen LogP) is 3.94. The van der Waals surface area contributed by atoms with E-state index in [1.165, 1.54) is 18.2 Å². The zero-order valence-electron chi connectivity index (χ0n) is 11.3. The monoisotopic (exact) mass is 261 g/mol. The van der Waals surface area contributed by atoms with Crippen molar-refractivity contribution in [3.05, 3.63) is 69.8 Å². The maximum absolute atomic E-state index is 14.1. The summed E-state index contributed by atoms with van der Waals surface area (Å²) in [5.74, 6) is -0.692. The van der Waals surface area contributed by atoms with E-state index < -0.39 is 6.04 Å². The third-order valence-electron chi connectivity index (χ3n) is 3.22. The molecule has 0 aliphatic rings. The largest absolute Gasteiger partial charge is 0.320 e. The molecule has 0 aliphatic heterocycles. The van der Waals surface area contributed by atoms with Crippen molar-refractivity contribution in [2.45, 2.75) is 26.8 Å². The lowest BCUT2D eigenvalue weighted by molar-refractivity contribution is 0.592. The summed E-state index contributed by atoms with van der Waals surface area (Å²) in [7, 11) is 0. The maximum Gasteiger partial charge on any atom is 0.128 e. The molecule has 0 heterocycles. The van der Waals surface area contributed by atoms with Gasteiger partial charge in [-0.25, -0.2) is 8.78 Å². The second kappa shape index (κ2) is 5.10. The predicted molar refractivity (Wildman–Crippen MR) is 73.0 cm³/mol. The first-order chi connectivity index (χ1) is 8.88. The fourth-order valence-corrected chi connectivity index (χ4v) is 2.43. The van der Waals surface area contributed by atoms with Crippen LogP contribution in [0.5, 0.6) is 0 Å². The summed E-state index contributed by atoms with van der Waals surface area (Å²) >= 11 is 0. The van der Waals surface area contributed by atoms with E-state index in [1.54, 1.807) is 13.0 Å². The molecule has 1 unspecified atom stereocenters. The number of benzene rings is 2. The number of hydrogen-bond donors (Lipinski definition) is 1. The van der Waals surface area contributed by atoms with Crippen LogP contribution in [0.2, 0.25) is 0 Å². The summed E-state index contributed by atoms with van der Waals surface area (Å²) in [5.41, 5.74) is 9.52. The summed E-state index contributed by atoms with van der Waals surface area (Å²) in [6.07, 6.45) is 0. The molecule has 0 spiro atoms. The average molecular weight is 261 g/mol. The molecule has 2 N–H and O–H groups in total. The van der Waals surface area contributed by atoms with Gasteiger partial charge in [-0.1, -0.05) is 12.1 Å². The Morgan fingerprint density at radius 1 is 0.895 bits per heavy atom. The van der Waals surface area contributed by atoms with Gasteiger partial charge in [0.05, 0.1) is 6.04 Å². The van der Waals surface area contributed by atoms with Gasteiger partial charge in [0.25, 0.3) is 0 Å². The van der Waals surface area contributed by atoms with Crippen LogP contribution in [0.3, 0.4) is 0 Å². The van der Waals surface area contributed by atoms with Crippen LogP contribution in [-0.4, -0.2) is 0 Å². The van der Waals surface area contributed by atoms with Crippen LogP contribution < -0.4 is 5.73 Å². The van der Waals surface area contributed by atoms with Gasteiger partial charge >= 0.3 is 0 Å². The summed E-state index contributed by atoms with van der Waals surface area (Å²) in [5, 5.41) is 0. The maximum atomic E-state index is 14.1. The van der Waals surface area contributed by atoms with Crippen LogP contribution in [0.4, 0.5) is 8.78 Å². The van der Waals surface area contributed by atoms with E-state index in [0.29, 0.717) is 11.1 Å². The summed E-state index contributed by atoms with van der Waals surface area (Å²) < 4.78 is 27.5. The number of aryl methyl sites for hydroxylation is 3. The van der Waals surface area contributed by atoms with Crippen molar-refractivity contribution in [3.63, 3.8) is 0 Å². The van der Waals surface area contributed by atoms with E-state index in [9.17, 15) is 8.78 Å². The van der Waals surface area contributed by atoms with Crippen molar-refractivity contribution >= 4 is 0 Å². The van der Waals surface area contributed by atoms with Gasteiger partial charge in [0.1, 0.15) is 11.6 Å². The van der Waals surface area contributed by atoms with E-state index in [2.05, 4.69) is 0 Å². The second-order valence-electron chi connectivity index (χ2n) is 5.02. The minimum Gasteiger partial charge on any atom is -0.320 e. The minimum atomic E-state index is -0.657. The van der Waals surface area contributed by atoms with Gasteiger partial charge in [-0.3, -0.25) is 0 Å². The Bertz CT molecular complexity index is 577. The van der Waals surface area contributed by atoms with Gasteiger partial charge in [-0.2, -0.15) is 0 Å². The van der Waals surface area contributed by atoms with Crippen molar-refractivity contribution in [1.82, 2.24) is 0 Å². The molecule has 0 saturated carbocycles. The van der Waals surface area contributed by atoms with Gasteiger partial charge in [0, 0.05) is 5.56 Å². The Kier molecular flexibility index (Phi) is 3.67. The molecular weight excluding hydrogens is 244 g/mol. The smallest absolute Gasteiger partial charge is 0.128 e. The standard InChI is InChI=1S/C16H17F2N/c1-9-4-11(3)15(14(18)7-9)16(19)12-5-10(2)6-13(17)8-12/h4-8,16H,19H2,1-3H3. The van der Waals surface area contributed by atoms with E-state index in [-0.39, 0.29) is 11.6 Å². The van der Waals surface area contributed by atoms with Gasteiger partial charge in [0.15, 0.2) is 0 Å². The molecule has 0 amide bonds. The lowest BCUT2D eigenvalue weighted by atomic mass is 9.93. The quantitative estimate of drug-likeness (QED) is 0.870. The van der Waals surface area contributed by atoms with E-state index in [1.807, 2.05) is 19.9 Å². The Morgan fingerprint density at radius 3 is 2.11 bits per heavy atom. The highest BCUT2D eigenvalue weighted by atomic mass is 19.1. The van der Waals surface area contributed by atoms with Crippen molar-refractivity contribution < 1.29 is 8.78 Å². The topological polar surface area (TPSA) is 26.0 Å². The van der Waals surface area contributed by atoms with Crippen LogP contribution >= 0.6 is 0 Å². The molecule has 2 aromatic carbocycles. The zero-order valence-corrected chi connectivity index (χ0v) is 11.3. The first kappa shape index (κ1) is 13.7. The highest BCUT2D eigenvalue weighted by Gasteiger charge is 2.17. The highest BCUT2D eigenvalue weighted by molar-refractivity contribution is 5.40. The van der Waals surface area contributed by atoms with E-state index in [4.69, 9.17) is 5.73 Å². The summed E-state index contributed by atoms with van der Waals surface area (Å²) in [6, 6.07) is 7.24. The second-order valence-corrected chi connectivity index (χ2v) is 5.02. The molecule has 0 bridgehead atoms. The van der Waals surface area contributed by atoms with E-state index in [0.717, 1.165) is 16.7 Å². The van der Waals surface area contributed by atoms with Crippen molar-refractivity contribution in [2.24, 2.45) is 5.73 Å². The molecule has 2 aromatic rings. The van der Waals surface area contributed by atoms with Gasteiger partial charge in [0.2, 0.25) is 0 Å². The highest BCUT2D eigenvalue weighted by Crippen LogP contribution is 2.27. The van der Waals surface area contributed by atoms with Crippen molar-refractivity contribution in [3.8, 4) is 0 Å². The normalized spacial score (nSPS) is 12.5. The molecule has 0 aromatic heterocycles. The average Bonchev–Trinajstić information content (AvgIpc) is 2.25. The molecular formula is C16H17F2N. The summed E-state index contributed by atoms with van der Waals surface area (Å²) in [4.78, 5) is 0. The third-order valence-corrected chi connectivity index (χ3v) is 3.22. The first-order valence-corrected chi connectivity index (χ1v) is 6.18. The van der Waals surface area contributed by atoms with Crippen LogP contribution in [0.25, 0.3) is 0 Å². The lowest BCUT2D eigenvalue weighted by Crippen LogP contribution is -2.16. The van der Waals surface area contributed by atoms with Crippen LogP contribution in [0.15, 0.2) is 30.3 Å². The molecule has 1 atom stereocenters. The molecule has 0 radical (unpaired) electrons. The molecule has 2 rings (SSSR count). The number of hydrogen-bond acceptors (Lipinski definition) is 1. The zero-order chi connectivity index (χ0) is 14.2. The van der Waals surface area contributed by atoms with Gasteiger partial charge < -0.3 is 5.73 Å². The fraction of sp³-hybridized carbons (Fsp3) is 0.250. The van der Waals surface area contributed by atoms with E-state index >= 15 is 0 Å². The van der Waals surface area contributed by atoms with Crippen LogP contribution in [0.1, 0.15) is 33.9 Å². The number of halogens is 2. The van der Waals surface area contributed by atoms with Crippen LogP contribution in [0, 0.1) is 32.4 Å².